The third kappa shape index (κ3) is 13.5. The Hall–Kier alpha value is -0.520. The van der Waals surface area contributed by atoms with Crippen molar-refractivity contribution in [2.75, 3.05) is 0 Å². The van der Waals surface area contributed by atoms with Crippen LogP contribution in [0.15, 0.2) is 24.3 Å². The van der Waals surface area contributed by atoms with Crippen LogP contribution in [0, 0.1) is 6.92 Å². The SMILES string of the molecule is [CH2]CCCCCCCCC/C=C/C/C=C/C. The van der Waals surface area contributed by atoms with Gasteiger partial charge in [-0.3, -0.25) is 0 Å². The molecule has 0 N–H and O–H groups in total. The molecule has 0 rings (SSSR count). The van der Waals surface area contributed by atoms with Gasteiger partial charge in [0, 0.05) is 0 Å². The van der Waals surface area contributed by atoms with Crippen molar-refractivity contribution >= 4 is 0 Å². The van der Waals surface area contributed by atoms with Gasteiger partial charge in [-0.25, -0.2) is 0 Å². The van der Waals surface area contributed by atoms with Gasteiger partial charge in [0.1, 0.15) is 0 Å². The van der Waals surface area contributed by atoms with Crippen molar-refractivity contribution in [2.45, 2.75) is 71.1 Å². The second-order valence-corrected chi connectivity index (χ2v) is 4.39. The van der Waals surface area contributed by atoms with Gasteiger partial charge in [0.25, 0.3) is 0 Å². The molecule has 0 aliphatic rings. The molecule has 0 heterocycles. The van der Waals surface area contributed by atoms with E-state index in [-0.39, 0.29) is 0 Å². The maximum Gasteiger partial charge on any atom is -0.0169 e. The van der Waals surface area contributed by atoms with Gasteiger partial charge >= 0.3 is 0 Å². The average Bonchev–Trinajstić information content (AvgIpc) is 2.31. The number of hydrogen-bond donors (Lipinski definition) is 0. The van der Waals surface area contributed by atoms with Gasteiger partial charge in [-0.1, -0.05) is 76.2 Å². The molecule has 0 bridgehead atoms. The van der Waals surface area contributed by atoms with Crippen LogP contribution in [0.5, 0.6) is 0 Å². The normalized spacial score (nSPS) is 11.9. The predicted octanol–water partition coefficient (Wildman–Crippen LogP) is 5.85. The molecule has 0 aromatic rings. The van der Waals surface area contributed by atoms with E-state index in [4.69, 9.17) is 0 Å². The van der Waals surface area contributed by atoms with E-state index in [1.165, 1.54) is 51.4 Å². The summed E-state index contributed by atoms with van der Waals surface area (Å²) < 4.78 is 0. The molecule has 0 saturated heterocycles. The van der Waals surface area contributed by atoms with Gasteiger partial charge < -0.3 is 0 Å². The summed E-state index contributed by atoms with van der Waals surface area (Å²) in [4.78, 5) is 0. The highest BCUT2D eigenvalue weighted by Crippen LogP contribution is 2.09. The molecule has 93 valence electrons. The zero-order valence-corrected chi connectivity index (χ0v) is 11.1. The topological polar surface area (TPSA) is 0 Å². The molecule has 0 atom stereocenters. The summed E-state index contributed by atoms with van der Waals surface area (Å²) in [5.74, 6) is 0. The summed E-state index contributed by atoms with van der Waals surface area (Å²) in [6.45, 7) is 5.93. The largest absolute Gasteiger partial charge is 0.0914 e. The van der Waals surface area contributed by atoms with E-state index < -0.39 is 0 Å². The second-order valence-electron chi connectivity index (χ2n) is 4.39. The minimum atomic E-state index is 1.10. The lowest BCUT2D eigenvalue weighted by molar-refractivity contribution is 0.583. The van der Waals surface area contributed by atoms with E-state index in [9.17, 15) is 0 Å². The summed E-state index contributed by atoms with van der Waals surface area (Å²) in [6, 6.07) is 0. The molecule has 0 unspecified atom stereocenters. The average molecular weight is 221 g/mol. The number of allylic oxidation sites excluding steroid dienone is 4. The van der Waals surface area contributed by atoms with Crippen LogP contribution in [0.4, 0.5) is 0 Å². The highest BCUT2D eigenvalue weighted by atomic mass is 14.0. The fraction of sp³-hybridized carbons (Fsp3) is 0.688. The number of unbranched alkanes of at least 4 members (excludes halogenated alkanes) is 8. The van der Waals surface area contributed by atoms with Crippen LogP contribution in [0.3, 0.4) is 0 Å². The molecule has 0 saturated carbocycles. The molecule has 0 nitrogen and oxygen atoms in total. The lowest BCUT2D eigenvalue weighted by Crippen LogP contribution is -1.79. The van der Waals surface area contributed by atoms with Gasteiger partial charge in [0.2, 0.25) is 0 Å². The molecule has 0 heteroatoms. The Morgan fingerprint density at radius 2 is 1.38 bits per heavy atom. The van der Waals surface area contributed by atoms with Gasteiger partial charge in [0.15, 0.2) is 0 Å². The van der Waals surface area contributed by atoms with Crippen molar-refractivity contribution in [1.82, 2.24) is 0 Å². The van der Waals surface area contributed by atoms with Gasteiger partial charge in [-0.2, -0.15) is 0 Å². The first kappa shape index (κ1) is 15.5. The van der Waals surface area contributed by atoms with E-state index in [0.29, 0.717) is 0 Å². The maximum atomic E-state index is 3.86. The highest BCUT2D eigenvalue weighted by Gasteiger charge is 1.89. The molecular weight excluding hydrogens is 192 g/mol. The summed E-state index contributed by atoms with van der Waals surface area (Å²) >= 11 is 0. The van der Waals surface area contributed by atoms with E-state index in [1.54, 1.807) is 0 Å². The van der Waals surface area contributed by atoms with E-state index in [2.05, 4.69) is 38.2 Å². The fourth-order valence-electron chi connectivity index (χ4n) is 1.75. The second kappa shape index (κ2) is 14.5. The molecule has 0 aliphatic carbocycles. The van der Waals surface area contributed by atoms with Gasteiger partial charge in [-0.15, -0.1) is 0 Å². The summed E-state index contributed by atoms with van der Waals surface area (Å²) in [6.07, 6.45) is 22.1. The number of hydrogen-bond acceptors (Lipinski definition) is 0. The molecule has 0 spiro atoms. The molecular formula is C16H29. The Labute approximate surface area is 103 Å². The lowest BCUT2D eigenvalue weighted by Gasteiger charge is -1.99. The van der Waals surface area contributed by atoms with Crippen LogP contribution in [0.1, 0.15) is 71.1 Å². The van der Waals surface area contributed by atoms with Crippen LogP contribution in [0.2, 0.25) is 0 Å². The van der Waals surface area contributed by atoms with Crippen molar-refractivity contribution in [2.24, 2.45) is 0 Å². The quantitative estimate of drug-likeness (QED) is 0.303. The zero-order valence-electron chi connectivity index (χ0n) is 11.1. The molecule has 1 radical (unpaired) electrons. The summed E-state index contributed by atoms with van der Waals surface area (Å²) in [5, 5.41) is 0. The first-order valence-corrected chi connectivity index (χ1v) is 6.97. The Morgan fingerprint density at radius 3 is 2.00 bits per heavy atom. The van der Waals surface area contributed by atoms with E-state index in [0.717, 1.165) is 12.8 Å². The monoisotopic (exact) mass is 221 g/mol. The van der Waals surface area contributed by atoms with E-state index in [1.807, 2.05) is 0 Å². The minimum Gasteiger partial charge on any atom is -0.0914 e. The van der Waals surface area contributed by atoms with Crippen LogP contribution < -0.4 is 0 Å². The smallest absolute Gasteiger partial charge is 0.0169 e. The molecule has 0 aromatic heterocycles. The first-order chi connectivity index (χ1) is 7.91. The molecule has 0 aliphatic heterocycles. The van der Waals surface area contributed by atoms with Crippen LogP contribution in [-0.4, -0.2) is 0 Å². The highest BCUT2D eigenvalue weighted by molar-refractivity contribution is 4.91. The molecule has 0 aromatic carbocycles. The first-order valence-electron chi connectivity index (χ1n) is 6.97. The summed E-state index contributed by atoms with van der Waals surface area (Å²) in [7, 11) is 0. The van der Waals surface area contributed by atoms with Crippen molar-refractivity contribution in [1.29, 1.82) is 0 Å². The van der Waals surface area contributed by atoms with E-state index >= 15 is 0 Å². The number of rotatable bonds is 11. The van der Waals surface area contributed by atoms with Crippen LogP contribution >= 0.6 is 0 Å². The predicted molar refractivity (Wildman–Crippen MR) is 75.5 cm³/mol. The third-order valence-electron chi connectivity index (χ3n) is 2.80. The van der Waals surface area contributed by atoms with Gasteiger partial charge in [0.05, 0.1) is 0 Å². The van der Waals surface area contributed by atoms with Crippen molar-refractivity contribution in [3.05, 3.63) is 31.2 Å². The minimum absolute atomic E-state index is 1.10. The summed E-state index contributed by atoms with van der Waals surface area (Å²) in [5.41, 5.74) is 0. The van der Waals surface area contributed by atoms with Crippen LogP contribution in [-0.2, 0) is 0 Å². The Balaban J connectivity index is 3.00. The molecule has 16 heavy (non-hydrogen) atoms. The standard InChI is InChI=1S/C16H29/c1-3-5-7-9-11-13-15-16-14-12-10-8-6-4-2/h4,6,10,12H,1,3,5,7-9,11,13-16H2,2H3/b6-4+,12-10+. The lowest BCUT2D eigenvalue weighted by atomic mass is 10.1. The van der Waals surface area contributed by atoms with Crippen molar-refractivity contribution in [3.8, 4) is 0 Å². The van der Waals surface area contributed by atoms with Crippen LogP contribution in [0.25, 0.3) is 0 Å². The van der Waals surface area contributed by atoms with Crippen molar-refractivity contribution in [3.63, 3.8) is 0 Å². The Kier molecular flexibility index (Phi) is 14.0. The van der Waals surface area contributed by atoms with Crippen molar-refractivity contribution < 1.29 is 0 Å². The Morgan fingerprint density at radius 1 is 0.750 bits per heavy atom. The maximum absolute atomic E-state index is 3.86. The van der Waals surface area contributed by atoms with Gasteiger partial charge in [-0.05, 0) is 26.2 Å². The zero-order chi connectivity index (χ0) is 11.9. The molecule has 0 fully saturated rings. The molecule has 0 amide bonds. The third-order valence-corrected chi connectivity index (χ3v) is 2.80. The Bertz CT molecular complexity index is 165. The fourth-order valence-corrected chi connectivity index (χ4v) is 1.75.